The first kappa shape index (κ1) is 9.55. The zero-order valence-electron chi connectivity index (χ0n) is 8.52. The molecular weight excluding hydrogens is 208 g/mol. The molecule has 0 amide bonds. The summed E-state index contributed by atoms with van der Waals surface area (Å²) in [6.45, 7) is 0. The van der Waals surface area contributed by atoms with Crippen molar-refractivity contribution in [2.24, 2.45) is 5.92 Å². The quantitative estimate of drug-likeness (QED) is 0.785. The van der Waals surface area contributed by atoms with Crippen molar-refractivity contribution in [1.82, 2.24) is 0 Å². The van der Waals surface area contributed by atoms with E-state index in [1.165, 1.54) is 4.88 Å². The standard InChI is InChI=1S/C12H14O2S/c13-11(7-9-2-1-5-15-9)10-6-8-3-4-12(10)14-8/h1-2,5,8,10,12H,3-4,6-7H2. The van der Waals surface area contributed by atoms with Gasteiger partial charge >= 0.3 is 0 Å². The van der Waals surface area contributed by atoms with Gasteiger partial charge in [0.15, 0.2) is 0 Å². The van der Waals surface area contributed by atoms with Crippen molar-refractivity contribution in [2.45, 2.75) is 37.9 Å². The van der Waals surface area contributed by atoms with Gasteiger partial charge in [-0.1, -0.05) is 6.07 Å². The van der Waals surface area contributed by atoms with Crippen molar-refractivity contribution < 1.29 is 9.53 Å². The number of hydrogen-bond donors (Lipinski definition) is 0. The normalized spacial score (nSPS) is 33.5. The Morgan fingerprint density at radius 3 is 3.07 bits per heavy atom. The molecule has 15 heavy (non-hydrogen) atoms. The lowest BCUT2D eigenvalue weighted by molar-refractivity contribution is -0.123. The van der Waals surface area contributed by atoms with Crippen molar-refractivity contribution in [1.29, 1.82) is 0 Å². The van der Waals surface area contributed by atoms with Crippen LogP contribution in [0.2, 0.25) is 0 Å². The van der Waals surface area contributed by atoms with Crippen molar-refractivity contribution in [2.75, 3.05) is 0 Å². The van der Waals surface area contributed by atoms with Gasteiger partial charge in [-0.15, -0.1) is 11.3 Å². The molecule has 3 heteroatoms. The van der Waals surface area contributed by atoms with E-state index in [0.717, 1.165) is 19.3 Å². The maximum atomic E-state index is 12.0. The van der Waals surface area contributed by atoms with Gasteiger partial charge in [-0.05, 0) is 30.7 Å². The molecule has 0 aromatic carbocycles. The molecule has 0 spiro atoms. The summed E-state index contributed by atoms with van der Waals surface area (Å²) < 4.78 is 5.71. The number of rotatable bonds is 3. The fourth-order valence-electron chi connectivity index (χ4n) is 2.69. The second-order valence-corrected chi connectivity index (χ2v) is 5.47. The van der Waals surface area contributed by atoms with Crippen LogP contribution in [0.3, 0.4) is 0 Å². The fraction of sp³-hybridized carbons (Fsp3) is 0.583. The van der Waals surface area contributed by atoms with Crippen LogP contribution in [0.1, 0.15) is 24.1 Å². The highest BCUT2D eigenvalue weighted by Gasteiger charge is 2.43. The monoisotopic (exact) mass is 222 g/mol. The number of carbonyl (C=O) groups excluding carboxylic acids is 1. The summed E-state index contributed by atoms with van der Waals surface area (Å²) in [4.78, 5) is 13.2. The van der Waals surface area contributed by atoms with E-state index in [-0.39, 0.29) is 12.0 Å². The third kappa shape index (κ3) is 1.74. The minimum atomic E-state index is 0.186. The molecule has 0 N–H and O–H groups in total. The number of ether oxygens (including phenoxy) is 1. The molecule has 2 nitrogen and oxygen atoms in total. The topological polar surface area (TPSA) is 26.3 Å². The molecule has 2 bridgehead atoms. The van der Waals surface area contributed by atoms with Crippen LogP contribution in [0.25, 0.3) is 0 Å². The van der Waals surface area contributed by atoms with E-state index in [9.17, 15) is 4.79 Å². The van der Waals surface area contributed by atoms with Gasteiger partial charge in [0, 0.05) is 17.2 Å². The molecule has 1 aromatic rings. The molecule has 0 saturated carbocycles. The Balaban J connectivity index is 1.66. The zero-order valence-corrected chi connectivity index (χ0v) is 9.33. The van der Waals surface area contributed by atoms with Crippen LogP contribution in [0.5, 0.6) is 0 Å². The third-order valence-electron chi connectivity index (χ3n) is 3.45. The molecule has 1 aromatic heterocycles. The van der Waals surface area contributed by atoms with Gasteiger partial charge in [0.1, 0.15) is 5.78 Å². The molecule has 3 unspecified atom stereocenters. The minimum Gasteiger partial charge on any atom is -0.374 e. The Labute approximate surface area is 93.3 Å². The van der Waals surface area contributed by atoms with Crippen LogP contribution >= 0.6 is 11.3 Å². The van der Waals surface area contributed by atoms with E-state index in [4.69, 9.17) is 4.74 Å². The number of thiophene rings is 1. The van der Waals surface area contributed by atoms with Gasteiger partial charge in [0.2, 0.25) is 0 Å². The largest absolute Gasteiger partial charge is 0.374 e. The first-order chi connectivity index (χ1) is 7.33. The SMILES string of the molecule is O=C(Cc1cccs1)C1CC2CCC1O2. The molecule has 2 saturated heterocycles. The number of carbonyl (C=O) groups is 1. The predicted molar refractivity (Wildman–Crippen MR) is 59.0 cm³/mol. The Hall–Kier alpha value is -0.670. The Morgan fingerprint density at radius 1 is 1.53 bits per heavy atom. The summed E-state index contributed by atoms with van der Waals surface area (Å²) in [6, 6.07) is 4.04. The van der Waals surface area contributed by atoms with E-state index >= 15 is 0 Å². The summed E-state index contributed by atoms with van der Waals surface area (Å²) in [5.74, 6) is 0.565. The fourth-order valence-corrected chi connectivity index (χ4v) is 3.41. The minimum absolute atomic E-state index is 0.186. The van der Waals surface area contributed by atoms with Crippen LogP contribution in [0.15, 0.2) is 17.5 Å². The molecule has 3 heterocycles. The summed E-state index contributed by atoms with van der Waals surface area (Å²) in [5.41, 5.74) is 0. The average molecular weight is 222 g/mol. The highest BCUT2D eigenvalue weighted by Crippen LogP contribution is 2.39. The highest BCUT2D eigenvalue weighted by atomic mass is 32.1. The van der Waals surface area contributed by atoms with Crippen LogP contribution in [-0.2, 0) is 16.0 Å². The number of ketones is 1. The lowest BCUT2D eigenvalue weighted by Crippen LogP contribution is -2.26. The second-order valence-electron chi connectivity index (χ2n) is 4.44. The maximum Gasteiger partial charge on any atom is 0.143 e. The van der Waals surface area contributed by atoms with Crippen LogP contribution in [-0.4, -0.2) is 18.0 Å². The highest BCUT2D eigenvalue weighted by molar-refractivity contribution is 7.10. The molecule has 3 atom stereocenters. The maximum absolute atomic E-state index is 12.0. The lowest BCUT2D eigenvalue weighted by atomic mass is 9.85. The molecule has 0 aliphatic carbocycles. The van der Waals surface area contributed by atoms with Crippen molar-refractivity contribution in [3.8, 4) is 0 Å². The first-order valence-electron chi connectivity index (χ1n) is 5.53. The van der Waals surface area contributed by atoms with Gasteiger partial charge in [0.05, 0.1) is 12.2 Å². The van der Waals surface area contributed by atoms with Crippen LogP contribution < -0.4 is 0 Å². The predicted octanol–water partition coefficient (Wildman–Crippen LogP) is 2.43. The molecule has 2 fully saturated rings. The number of Topliss-reactive ketones (excluding diaryl/α,β-unsaturated/α-hetero) is 1. The van der Waals surface area contributed by atoms with Crippen molar-refractivity contribution in [3.63, 3.8) is 0 Å². The van der Waals surface area contributed by atoms with E-state index in [2.05, 4.69) is 0 Å². The Bertz CT molecular complexity index is 358. The van der Waals surface area contributed by atoms with Gasteiger partial charge in [-0.25, -0.2) is 0 Å². The van der Waals surface area contributed by atoms with Gasteiger partial charge in [-0.3, -0.25) is 4.79 Å². The molecule has 2 aliphatic heterocycles. The van der Waals surface area contributed by atoms with E-state index in [1.807, 2.05) is 17.5 Å². The van der Waals surface area contributed by atoms with Gasteiger partial charge < -0.3 is 4.74 Å². The molecule has 0 radical (unpaired) electrons. The van der Waals surface area contributed by atoms with Crippen molar-refractivity contribution >= 4 is 17.1 Å². The Morgan fingerprint density at radius 2 is 2.47 bits per heavy atom. The summed E-state index contributed by atoms with van der Waals surface area (Å²) in [5, 5.41) is 2.03. The lowest BCUT2D eigenvalue weighted by Gasteiger charge is -2.16. The number of hydrogen-bond acceptors (Lipinski definition) is 3. The summed E-state index contributed by atoms with van der Waals surface area (Å²) in [6.07, 6.45) is 4.44. The van der Waals surface area contributed by atoms with Crippen LogP contribution in [0.4, 0.5) is 0 Å². The first-order valence-corrected chi connectivity index (χ1v) is 6.41. The van der Waals surface area contributed by atoms with E-state index in [1.54, 1.807) is 11.3 Å². The number of fused-ring (bicyclic) bond motifs is 2. The molecule has 80 valence electrons. The zero-order chi connectivity index (χ0) is 10.3. The van der Waals surface area contributed by atoms with Crippen LogP contribution in [0, 0.1) is 5.92 Å². The Kier molecular flexibility index (Phi) is 2.37. The molecule has 3 rings (SSSR count). The summed E-state index contributed by atoms with van der Waals surface area (Å²) >= 11 is 1.67. The molecular formula is C12H14O2S. The third-order valence-corrected chi connectivity index (χ3v) is 4.32. The van der Waals surface area contributed by atoms with E-state index < -0.39 is 0 Å². The summed E-state index contributed by atoms with van der Waals surface area (Å²) in [7, 11) is 0. The second kappa shape index (κ2) is 3.72. The van der Waals surface area contributed by atoms with Crippen molar-refractivity contribution in [3.05, 3.63) is 22.4 Å². The van der Waals surface area contributed by atoms with Gasteiger partial charge in [-0.2, -0.15) is 0 Å². The van der Waals surface area contributed by atoms with E-state index in [0.29, 0.717) is 18.3 Å². The average Bonchev–Trinajstić information content (AvgIpc) is 2.93. The van der Waals surface area contributed by atoms with Gasteiger partial charge in [0.25, 0.3) is 0 Å². The smallest absolute Gasteiger partial charge is 0.143 e. The molecule has 2 aliphatic rings.